The van der Waals surface area contributed by atoms with Gasteiger partial charge in [-0.1, -0.05) is 24.3 Å². The van der Waals surface area contributed by atoms with Crippen LogP contribution in [0.15, 0.2) is 41.2 Å². The van der Waals surface area contributed by atoms with Crippen molar-refractivity contribution in [2.75, 3.05) is 47.1 Å². The number of hydrogen-bond acceptors (Lipinski definition) is 8. The number of nitrogens with zero attached hydrogens (tertiary/aromatic N) is 3. The summed E-state index contributed by atoms with van der Waals surface area (Å²) < 4.78 is 5.59. The minimum atomic E-state index is -0.788. The summed E-state index contributed by atoms with van der Waals surface area (Å²) in [4.78, 5) is 20.4. The Morgan fingerprint density at radius 2 is 1.97 bits per heavy atom. The van der Waals surface area contributed by atoms with E-state index in [9.17, 15) is 9.90 Å². The Balaban J connectivity index is 0.00000281. The third-order valence-electron chi connectivity index (χ3n) is 5.40. The second-order valence-corrected chi connectivity index (χ2v) is 8.76. The van der Waals surface area contributed by atoms with Crippen LogP contribution < -0.4 is 16.8 Å². The summed E-state index contributed by atoms with van der Waals surface area (Å²) in [5, 5.41) is 12.9. The third kappa shape index (κ3) is 11.1. The normalized spacial score (nSPS) is 15.0. The number of likely N-dealkylation sites (N-methyl/N-ethyl adjacent to an activating group) is 1. The van der Waals surface area contributed by atoms with Crippen LogP contribution in [0.25, 0.3) is 0 Å². The fraction of sp³-hybridized carbons (Fsp3) is 0.600. The molecule has 0 radical (unpaired) electrons. The zero-order valence-electron chi connectivity index (χ0n) is 21.3. The van der Waals surface area contributed by atoms with Gasteiger partial charge in [0.1, 0.15) is 13.0 Å². The number of aliphatic imine (C=N–C) groups is 1. The van der Waals surface area contributed by atoms with E-state index in [1.54, 1.807) is 20.9 Å². The quantitative estimate of drug-likeness (QED) is 0.146. The fourth-order valence-electron chi connectivity index (χ4n) is 3.68. The minimum absolute atomic E-state index is 0.106. The number of amidine groups is 1. The lowest BCUT2D eigenvalue weighted by atomic mass is 10.1. The van der Waals surface area contributed by atoms with Crippen molar-refractivity contribution >= 4 is 12.1 Å². The van der Waals surface area contributed by atoms with Gasteiger partial charge in [-0.15, -0.1) is 0 Å². The number of aliphatic hydroxyl groups is 1. The molecule has 6 N–H and O–H groups in total. The molecule has 0 spiro atoms. The molecule has 192 valence electrons. The number of likely N-dealkylation sites (tertiary alicyclic amines) is 1. The van der Waals surface area contributed by atoms with Crippen LogP contribution in [0.4, 0.5) is 0 Å². The minimum Gasteiger partial charge on any atom is -0.403 e. The summed E-state index contributed by atoms with van der Waals surface area (Å²) in [6.45, 7) is 7.92. The van der Waals surface area contributed by atoms with Gasteiger partial charge in [0.2, 0.25) is 0 Å². The first-order valence-corrected chi connectivity index (χ1v) is 11.9. The number of ether oxygens (including phenoxy) is 1. The second kappa shape index (κ2) is 16.2. The van der Waals surface area contributed by atoms with Crippen LogP contribution in [0.5, 0.6) is 0 Å². The van der Waals surface area contributed by atoms with Gasteiger partial charge < -0.3 is 36.3 Å². The molecule has 1 fully saturated rings. The van der Waals surface area contributed by atoms with Gasteiger partial charge in [-0.2, -0.15) is 0 Å². The molecule has 2 rings (SSSR count). The average molecular weight is 477 g/mol. The topological polar surface area (TPSA) is 129 Å². The van der Waals surface area contributed by atoms with E-state index in [0.29, 0.717) is 31.1 Å². The van der Waals surface area contributed by atoms with E-state index >= 15 is 0 Å². The molecule has 1 aromatic rings. The van der Waals surface area contributed by atoms with E-state index < -0.39 is 5.60 Å². The smallest absolute Gasteiger partial charge is 0.151 e. The van der Waals surface area contributed by atoms with Gasteiger partial charge in [-0.05, 0) is 64.4 Å². The monoisotopic (exact) mass is 476 g/mol. The van der Waals surface area contributed by atoms with Gasteiger partial charge in [0.25, 0.3) is 0 Å². The average Bonchev–Trinajstić information content (AvgIpc) is 3.32. The van der Waals surface area contributed by atoms with E-state index in [1.807, 2.05) is 4.90 Å². The predicted molar refractivity (Wildman–Crippen MR) is 138 cm³/mol. The summed E-state index contributed by atoms with van der Waals surface area (Å²) in [6.07, 6.45) is 5.34. The summed E-state index contributed by atoms with van der Waals surface area (Å²) in [6, 6.07) is 8.47. The van der Waals surface area contributed by atoms with Crippen LogP contribution in [0, 0.1) is 0 Å². The van der Waals surface area contributed by atoms with E-state index in [4.69, 9.17) is 10.5 Å². The molecule has 0 aliphatic carbocycles. The number of aldehydes is 1. The van der Waals surface area contributed by atoms with Crippen molar-refractivity contribution in [3.05, 3.63) is 47.3 Å². The third-order valence-corrected chi connectivity index (χ3v) is 5.40. The summed E-state index contributed by atoms with van der Waals surface area (Å²) >= 11 is 0. The molecule has 0 saturated carbocycles. The number of nitrogens with two attached hydrogens (primary N) is 2. The van der Waals surface area contributed by atoms with E-state index in [0.717, 1.165) is 31.5 Å². The standard InChI is InChI=1S/C24H39N5O3.CH5N/c1-24(2,31)9-14-32-19-27-23(22(16-25)26-3)29(12-13-30)18-21-8-6-7-20(15-21)17-28-10-4-5-11-28;1-2/h6-8,13,15-16,26,31H,4-5,9-12,14,17-19,25H2,1-3H3;2H2,1H3/b22-16+,27-23+;. The van der Waals surface area contributed by atoms with Crippen molar-refractivity contribution in [2.24, 2.45) is 16.5 Å². The van der Waals surface area contributed by atoms with Crippen molar-refractivity contribution in [1.82, 2.24) is 15.1 Å². The molecule has 1 aromatic carbocycles. The van der Waals surface area contributed by atoms with Gasteiger partial charge in [0.15, 0.2) is 5.84 Å². The molecule has 1 aliphatic heterocycles. The Hall–Kier alpha value is -2.46. The Bertz CT molecular complexity index is 770. The molecule has 9 heteroatoms. The largest absolute Gasteiger partial charge is 0.403 e. The van der Waals surface area contributed by atoms with Crippen molar-refractivity contribution in [3.63, 3.8) is 0 Å². The first kappa shape index (κ1) is 29.6. The summed E-state index contributed by atoms with van der Waals surface area (Å²) in [5.41, 5.74) is 12.5. The highest BCUT2D eigenvalue weighted by atomic mass is 16.5. The van der Waals surface area contributed by atoms with Crippen molar-refractivity contribution in [2.45, 2.75) is 51.8 Å². The molecule has 0 aromatic heterocycles. The molecule has 1 saturated heterocycles. The highest BCUT2D eigenvalue weighted by molar-refractivity contribution is 5.98. The van der Waals surface area contributed by atoms with Crippen LogP contribution >= 0.6 is 0 Å². The molecule has 1 heterocycles. The zero-order valence-corrected chi connectivity index (χ0v) is 21.3. The molecule has 0 atom stereocenters. The number of nitrogens with one attached hydrogen (secondary N) is 1. The Morgan fingerprint density at radius 3 is 2.56 bits per heavy atom. The van der Waals surface area contributed by atoms with Gasteiger partial charge >= 0.3 is 0 Å². The Morgan fingerprint density at radius 1 is 1.29 bits per heavy atom. The number of rotatable bonds is 13. The van der Waals surface area contributed by atoms with Gasteiger partial charge in [-0.25, -0.2) is 4.99 Å². The molecule has 0 unspecified atom stereocenters. The van der Waals surface area contributed by atoms with E-state index in [1.165, 1.54) is 31.7 Å². The lowest BCUT2D eigenvalue weighted by Gasteiger charge is -2.26. The molecule has 1 aliphatic rings. The highest BCUT2D eigenvalue weighted by Crippen LogP contribution is 2.16. The van der Waals surface area contributed by atoms with Gasteiger partial charge in [0.05, 0.1) is 24.4 Å². The van der Waals surface area contributed by atoms with Crippen molar-refractivity contribution < 1.29 is 14.6 Å². The van der Waals surface area contributed by atoms with E-state index in [2.05, 4.69) is 45.2 Å². The lowest BCUT2D eigenvalue weighted by molar-refractivity contribution is -0.108. The summed E-state index contributed by atoms with van der Waals surface area (Å²) in [7, 11) is 3.26. The maximum atomic E-state index is 11.5. The number of hydrogen-bond donors (Lipinski definition) is 4. The van der Waals surface area contributed by atoms with Gasteiger partial charge in [0, 0.05) is 26.3 Å². The fourth-order valence-corrected chi connectivity index (χ4v) is 3.68. The molecular formula is C25H44N6O3. The summed E-state index contributed by atoms with van der Waals surface area (Å²) in [5.74, 6) is 0.565. The predicted octanol–water partition coefficient (Wildman–Crippen LogP) is 1.41. The first-order valence-electron chi connectivity index (χ1n) is 11.9. The number of carbonyl (C=O) groups is 1. The van der Waals surface area contributed by atoms with Crippen molar-refractivity contribution in [3.8, 4) is 0 Å². The zero-order chi connectivity index (χ0) is 25.4. The molecule has 0 bridgehead atoms. The Labute approximate surface area is 204 Å². The molecular weight excluding hydrogens is 432 g/mol. The second-order valence-electron chi connectivity index (χ2n) is 8.76. The molecule has 34 heavy (non-hydrogen) atoms. The van der Waals surface area contributed by atoms with Crippen LogP contribution in [-0.2, 0) is 22.6 Å². The molecule has 9 nitrogen and oxygen atoms in total. The first-order chi connectivity index (χ1) is 16.4. The van der Waals surface area contributed by atoms with Gasteiger partial charge in [-0.3, -0.25) is 4.90 Å². The maximum absolute atomic E-state index is 11.5. The van der Waals surface area contributed by atoms with Crippen LogP contribution in [-0.4, -0.2) is 79.7 Å². The Kier molecular flexibility index (Phi) is 14.1. The van der Waals surface area contributed by atoms with Crippen LogP contribution in [0.1, 0.15) is 44.2 Å². The van der Waals surface area contributed by atoms with Crippen LogP contribution in [0.2, 0.25) is 0 Å². The lowest BCUT2D eigenvalue weighted by Crippen LogP contribution is -2.37. The highest BCUT2D eigenvalue weighted by Gasteiger charge is 2.17. The van der Waals surface area contributed by atoms with E-state index in [-0.39, 0.29) is 13.3 Å². The number of carbonyl (C=O) groups excluding carboxylic acids is 1. The van der Waals surface area contributed by atoms with Crippen molar-refractivity contribution in [1.29, 1.82) is 0 Å². The van der Waals surface area contributed by atoms with Crippen LogP contribution in [0.3, 0.4) is 0 Å². The maximum Gasteiger partial charge on any atom is 0.151 e. The molecule has 0 amide bonds. The number of benzene rings is 1. The SMILES string of the molecule is CN.CNC(=C/N)/C(=N\COCCC(C)(C)O)N(CC=O)Cc1cccc(CN2CCCC2)c1.